The van der Waals surface area contributed by atoms with E-state index in [9.17, 15) is 15.0 Å². The highest BCUT2D eigenvalue weighted by molar-refractivity contribution is 5.95. The molecule has 1 aromatic carbocycles. The molecule has 1 saturated heterocycles. The number of amides is 1. The lowest BCUT2D eigenvalue weighted by molar-refractivity contribution is 0.0728. The maximum absolute atomic E-state index is 12.6. The van der Waals surface area contributed by atoms with E-state index in [0.717, 1.165) is 38.8 Å². The Kier molecular flexibility index (Phi) is 3.53. The average molecular weight is 276 g/mol. The fraction of sp³-hybridized carbons (Fsp3) is 0.533. The Labute approximate surface area is 118 Å². The number of nitrogens with one attached hydrogen (secondary N) is 1. The molecule has 0 spiro atoms. The molecule has 1 atom stereocenters. The number of hydrogen-bond donors (Lipinski definition) is 3. The maximum atomic E-state index is 12.6. The highest BCUT2D eigenvalue weighted by Crippen LogP contribution is 2.31. The Morgan fingerprint density at radius 3 is 2.65 bits per heavy atom. The summed E-state index contributed by atoms with van der Waals surface area (Å²) in [5.74, 6) is -0.501. The van der Waals surface area contributed by atoms with E-state index in [1.807, 2.05) is 4.90 Å². The van der Waals surface area contributed by atoms with Crippen molar-refractivity contribution in [3.05, 3.63) is 23.8 Å². The summed E-state index contributed by atoms with van der Waals surface area (Å²) >= 11 is 0. The zero-order chi connectivity index (χ0) is 14.1. The van der Waals surface area contributed by atoms with Crippen LogP contribution in [0, 0.1) is 0 Å². The fourth-order valence-electron chi connectivity index (χ4n) is 2.76. The van der Waals surface area contributed by atoms with Crippen molar-refractivity contribution in [3.8, 4) is 11.5 Å². The van der Waals surface area contributed by atoms with Crippen molar-refractivity contribution in [3.63, 3.8) is 0 Å². The molecular formula is C15H20N2O3. The topological polar surface area (TPSA) is 72.8 Å². The molecule has 1 aromatic rings. The van der Waals surface area contributed by atoms with Gasteiger partial charge in [0.1, 0.15) is 0 Å². The third-order valence-electron chi connectivity index (χ3n) is 4.05. The van der Waals surface area contributed by atoms with Crippen LogP contribution in [0.3, 0.4) is 0 Å². The van der Waals surface area contributed by atoms with Gasteiger partial charge in [0, 0.05) is 24.2 Å². The summed E-state index contributed by atoms with van der Waals surface area (Å²) in [6.07, 6.45) is 4.39. The smallest absolute Gasteiger partial charge is 0.254 e. The van der Waals surface area contributed by atoms with Crippen LogP contribution in [0.2, 0.25) is 0 Å². The Morgan fingerprint density at radius 2 is 2.05 bits per heavy atom. The maximum Gasteiger partial charge on any atom is 0.254 e. The van der Waals surface area contributed by atoms with Crippen LogP contribution in [0.15, 0.2) is 18.2 Å². The third-order valence-corrected chi connectivity index (χ3v) is 4.05. The first-order valence-electron chi connectivity index (χ1n) is 7.21. The van der Waals surface area contributed by atoms with Gasteiger partial charge in [0.2, 0.25) is 0 Å². The average Bonchev–Trinajstić information content (AvgIpc) is 3.15. The van der Waals surface area contributed by atoms with Crippen LogP contribution < -0.4 is 5.32 Å². The Morgan fingerprint density at radius 1 is 1.25 bits per heavy atom. The Hall–Kier alpha value is -1.75. The number of phenolic OH excluding ortho intramolecular Hbond substituents is 2. The number of nitrogens with zero attached hydrogens (tertiary/aromatic N) is 1. The molecule has 0 aromatic heterocycles. The summed E-state index contributed by atoms with van der Waals surface area (Å²) < 4.78 is 0. The van der Waals surface area contributed by atoms with Crippen molar-refractivity contribution >= 4 is 5.91 Å². The summed E-state index contributed by atoms with van der Waals surface area (Å²) in [4.78, 5) is 14.5. The van der Waals surface area contributed by atoms with E-state index in [1.165, 1.54) is 12.1 Å². The molecule has 108 valence electrons. The van der Waals surface area contributed by atoms with Crippen LogP contribution in [0.4, 0.5) is 0 Å². The van der Waals surface area contributed by atoms with E-state index >= 15 is 0 Å². The monoisotopic (exact) mass is 276 g/mol. The molecule has 1 amide bonds. The molecule has 2 aliphatic rings. The first-order chi connectivity index (χ1) is 9.65. The molecule has 5 nitrogen and oxygen atoms in total. The zero-order valence-corrected chi connectivity index (χ0v) is 11.4. The summed E-state index contributed by atoms with van der Waals surface area (Å²) in [5.41, 5.74) is 0.435. The molecule has 1 saturated carbocycles. The highest BCUT2D eigenvalue weighted by atomic mass is 16.3. The van der Waals surface area contributed by atoms with Crippen molar-refractivity contribution in [2.75, 3.05) is 13.1 Å². The number of rotatable bonds is 4. The summed E-state index contributed by atoms with van der Waals surface area (Å²) in [5, 5.41) is 22.3. The van der Waals surface area contributed by atoms with Crippen LogP contribution in [0.5, 0.6) is 11.5 Å². The molecule has 2 fully saturated rings. The van der Waals surface area contributed by atoms with E-state index in [1.54, 1.807) is 6.07 Å². The highest BCUT2D eigenvalue weighted by Gasteiger charge is 2.35. The minimum atomic E-state index is -0.245. The van der Waals surface area contributed by atoms with Gasteiger partial charge in [-0.3, -0.25) is 4.79 Å². The lowest BCUT2D eigenvalue weighted by Gasteiger charge is -2.26. The van der Waals surface area contributed by atoms with Gasteiger partial charge in [-0.25, -0.2) is 0 Å². The van der Waals surface area contributed by atoms with Gasteiger partial charge in [-0.2, -0.15) is 0 Å². The first kappa shape index (κ1) is 13.2. The van der Waals surface area contributed by atoms with Crippen molar-refractivity contribution in [1.82, 2.24) is 10.2 Å². The normalized spacial score (nSPS) is 21.9. The van der Waals surface area contributed by atoms with E-state index in [0.29, 0.717) is 17.6 Å². The van der Waals surface area contributed by atoms with Gasteiger partial charge in [-0.1, -0.05) is 0 Å². The van der Waals surface area contributed by atoms with Crippen molar-refractivity contribution in [1.29, 1.82) is 0 Å². The predicted molar refractivity (Wildman–Crippen MR) is 74.9 cm³/mol. The van der Waals surface area contributed by atoms with Gasteiger partial charge in [-0.15, -0.1) is 0 Å². The minimum Gasteiger partial charge on any atom is -0.504 e. The van der Waals surface area contributed by atoms with Gasteiger partial charge in [-0.05, 0) is 50.4 Å². The van der Waals surface area contributed by atoms with E-state index < -0.39 is 0 Å². The summed E-state index contributed by atoms with van der Waals surface area (Å²) in [6, 6.07) is 4.98. The van der Waals surface area contributed by atoms with Crippen molar-refractivity contribution < 1.29 is 15.0 Å². The molecule has 20 heavy (non-hydrogen) atoms. The van der Waals surface area contributed by atoms with Crippen molar-refractivity contribution in [2.24, 2.45) is 0 Å². The Balaban J connectivity index is 1.75. The second kappa shape index (κ2) is 5.32. The van der Waals surface area contributed by atoms with Crippen LogP contribution in [0.25, 0.3) is 0 Å². The molecule has 3 rings (SSSR count). The molecule has 1 aliphatic carbocycles. The van der Waals surface area contributed by atoms with Gasteiger partial charge in [0.05, 0.1) is 0 Å². The number of carbonyl (C=O) groups excluding carboxylic acids is 1. The summed E-state index contributed by atoms with van der Waals surface area (Å²) in [7, 11) is 0. The molecule has 0 radical (unpaired) electrons. The molecule has 5 heteroatoms. The molecule has 1 heterocycles. The van der Waals surface area contributed by atoms with Crippen LogP contribution >= 0.6 is 0 Å². The van der Waals surface area contributed by atoms with E-state index in [4.69, 9.17) is 0 Å². The lowest BCUT2D eigenvalue weighted by atomic mass is 10.1. The molecular weight excluding hydrogens is 256 g/mol. The van der Waals surface area contributed by atoms with Crippen LogP contribution in [-0.2, 0) is 0 Å². The quantitative estimate of drug-likeness (QED) is 0.728. The van der Waals surface area contributed by atoms with Gasteiger partial charge in [0.25, 0.3) is 5.91 Å². The Bertz CT molecular complexity index is 508. The standard InChI is InChI=1S/C15H20N2O3/c18-13-6-3-10(8-14(13)19)15(20)17(12-4-5-12)9-11-2-1-7-16-11/h3,6,8,11-12,16,18-19H,1-2,4-5,7,9H2. The third kappa shape index (κ3) is 2.72. The number of benzene rings is 1. The van der Waals surface area contributed by atoms with Gasteiger partial charge < -0.3 is 20.4 Å². The van der Waals surface area contributed by atoms with Crippen molar-refractivity contribution in [2.45, 2.75) is 37.8 Å². The SMILES string of the molecule is O=C(c1ccc(O)c(O)c1)N(CC1CCCN1)C1CC1. The largest absolute Gasteiger partial charge is 0.504 e. The molecule has 3 N–H and O–H groups in total. The van der Waals surface area contributed by atoms with Crippen LogP contribution in [-0.4, -0.2) is 46.2 Å². The molecule has 1 aliphatic heterocycles. The zero-order valence-electron chi connectivity index (χ0n) is 11.4. The van der Waals surface area contributed by atoms with Gasteiger partial charge >= 0.3 is 0 Å². The number of carbonyl (C=O) groups is 1. The number of phenols is 2. The molecule has 0 bridgehead atoms. The first-order valence-corrected chi connectivity index (χ1v) is 7.21. The van der Waals surface area contributed by atoms with Gasteiger partial charge in [0.15, 0.2) is 11.5 Å². The van der Waals surface area contributed by atoms with E-state index in [2.05, 4.69) is 5.32 Å². The second-order valence-corrected chi connectivity index (χ2v) is 5.69. The van der Waals surface area contributed by atoms with Crippen LogP contribution in [0.1, 0.15) is 36.0 Å². The predicted octanol–water partition coefficient (Wildman–Crippen LogP) is 1.45. The minimum absolute atomic E-state index is 0.0588. The number of aromatic hydroxyl groups is 2. The molecule has 1 unspecified atom stereocenters. The number of hydrogen-bond acceptors (Lipinski definition) is 4. The van der Waals surface area contributed by atoms with E-state index in [-0.39, 0.29) is 17.4 Å². The second-order valence-electron chi connectivity index (χ2n) is 5.69. The lowest BCUT2D eigenvalue weighted by Crippen LogP contribution is -2.42. The fourth-order valence-corrected chi connectivity index (χ4v) is 2.76. The summed E-state index contributed by atoms with van der Waals surface area (Å²) in [6.45, 7) is 1.75.